The van der Waals surface area contributed by atoms with Crippen molar-refractivity contribution in [1.82, 2.24) is 5.32 Å². The number of ether oxygens (including phenoxy) is 1. The summed E-state index contributed by atoms with van der Waals surface area (Å²) in [4.78, 5) is 0. The maximum absolute atomic E-state index is 9.64. The van der Waals surface area contributed by atoms with E-state index in [9.17, 15) is 5.11 Å². The van der Waals surface area contributed by atoms with E-state index in [1.807, 2.05) is 19.1 Å². The number of aliphatic hydroxyl groups excluding tert-OH is 1. The second kappa shape index (κ2) is 7.39. The summed E-state index contributed by atoms with van der Waals surface area (Å²) in [5.41, 5.74) is 1.23. The standard InChI is InChI=1S/C15H25NO2/c1-5-13(17)10-16-15(11(2)3)12-6-8-14(18-4)9-7-12/h6-9,11,13,15-17H,5,10H2,1-4H3/t13-,15-/m1/s1. The molecule has 3 nitrogen and oxygen atoms in total. The molecule has 0 radical (unpaired) electrons. The Bertz CT molecular complexity index is 335. The SMILES string of the molecule is CC[C@@H](O)CN[C@@H](c1ccc(OC)cc1)C(C)C. The molecule has 102 valence electrons. The first-order chi connectivity index (χ1) is 8.58. The average molecular weight is 251 g/mol. The van der Waals surface area contributed by atoms with Gasteiger partial charge in [-0.3, -0.25) is 0 Å². The number of nitrogens with one attached hydrogen (secondary N) is 1. The van der Waals surface area contributed by atoms with Crippen LogP contribution in [0.15, 0.2) is 24.3 Å². The van der Waals surface area contributed by atoms with Gasteiger partial charge in [-0.15, -0.1) is 0 Å². The normalized spacial score (nSPS) is 14.6. The first-order valence-corrected chi connectivity index (χ1v) is 6.63. The molecule has 0 aromatic heterocycles. The highest BCUT2D eigenvalue weighted by Gasteiger charge is 2.16. The smallest absolute Gasteiger partial charge is 0.118 e. The fourth-order valence-electron chi connectivity index (χ4n) is 1.96. The number of hydrogen-bond donors (Lipinski definition) is 2. The van der Waals surface area contributed by atoms with E-state index in [0.717, 1.165) is 12.2 Å². The molecule has 2 atom stereocenters. The van der Waals surface area contributed by atoms with E-state index in [1.54, 1.807) is 7.11 Å². The molecule has 0 saturated carbocycles. The summed E-state index contributed by atoms with van der Waals surface area (Å²) in [6.07, 6.45) is 0.505. The molecule has 0 aliphatic rings. The van der Waals surface area contributed by atoms with Gasteiger partial charge in [0.25, 0.3) is 0 Å². The molecule has 3 heteroatoms. The molecule has 2 N–H and O–H groups in total. The molecule has 0 spiro atoms. The molecule has 18 heavy (non-hydrogen) atoms. The zero-order valence-electron chi connectivity index (χ0n) is 11.8. The minimum Gasteiger partial charge on any atom is -0.497 e. The molecule has 1 aromatic carbocycles. The van der Waals surface area contributed by atoms with Crippen molar-refractivity contribution in [2.75, 3.05) is 13.7 Å². The Morgan fingerprint density at radius 3 is 2.28 bits per heavy atom. The molecule has 0 aliphatic carbocycles. The van der Waals surface area contributed by atoms with Crippen molar-refractivity contribution in [1.29, 1.82) is 0 Å². The van der Waals surface area contributed by atoms with Crippen molar-refractivity contribution in [3.63, 3.8) is 0 Å². The van der Waals surface area contributed by atoms with Crippen LogP contribution in [0, 0.1) is 5.92 Å². The van der Waals surface area contributed by atoms with Gasteiger partial charge in [0.1, 0.15) is 5.75 Å². The Kier molecular flexibility index (Phi) is 6.16. The van der Waals surface area contributed by atoms with Crippen LogP contribution in [0.4, 0.5) is 0 Å². The summed E-state index contributed by atoms with van der Waals surface area (Å²) in [6, 6.07) is 8.37. The summed E-state index contributed by atoms with van der Waals surface area (Å²) in [5, 5.41) is 13.1. The third kappa shape index (κ3) is 4.31. The van der Waals surface area contributed by atoms with E-state index in [1.165, 1.54) is 5.56 Å². The number of rotatable bonds is 7. The lowest BCUT2D eigenvalue weighted by atomic mass is 9.95. The third-order valence-electron chi connectivity index (χ3n) is 3.19. The summed E-state index contributed by atoms with van der Waals surface area (Å²) in [6.45, 7) is 6.98. The lowest BCUT2D eigenvalue weighted by Crippen LogP contribution is -2.32. The van der Waals surface area contributed by atoms with Crippen LogP contribution >= 0.6 is 0 Å². The summed E-state index contributed by atoms with van der Waals surface area (Å²) in [7, 11) is 1.67. The van der Waals surface area contributed by atoms with E-state index in [-0.39, 0.29) is 12.1 Å². The molecule has 1 rings (SSSR count). The number of hydrogen-bond acceptors (Lipinski definition) is 3. The minimum absolute atomic E-state index is 0.261. The fourth-order valence-corrected chi connectivity index (χ4v) is 1.96. The molecule has 0 amide bonds. The van der Waals surface area contributed by atoms with Crippen LogP contribution in [0.3, 0.4) is 0 Å². The lowest BCUT2D eigenvalue weighted by molar-refractivity contribution is 0.159. The van der Waals surface area contributed by atoms with Gasteiger partial charge in [-0.1, -0.05) is 32.9 Å². The van der Waals surface area contributed by atoms with Crippen LogP contribution in [-0.2, 0) is 0 Å². The van der Waals surface area contributed by atoms with Gasteiger partial charge in [-0.25, -0.2) is 0 Å². The Hall–Kier alpha value is -1.06. The third-order valence-corrected chi connectivity index (χ3v) is 3.19. The van der Waals surface area contributed by atoms with Gasteiger partial charge in [0.2, 0.25) is 0 Å². The second-order valence-corrected chi connectivity index (χ2v) is 4.97. The van der Waals surface area contributed by atoms with E-state index < -0.39 is 0 Å². The number of benzene rings is 1. The molecule has 0 aliphatic heterocycles. The number of methoxy groups -OCH3 is 1. The molecular formula is C15H25NO2. The molecule has 0 heterocycles. The Balaban J connectivity index is 2.71. The maximum atomic E-state index is 9.64. The van der Waals surface area contributed by atoms with E-state index in [0.29, 0.717) is 12.5 Å². The fraction of sp³-hybridized carbons (Fsp3) is 0.600. The average Bonchev–Trinajstić information content (AvgIpc) is 2.39. The highest BCUT2D eigenvalue weighted by molar-refractivity contribution is 5.29. The van der Waals surface area contributed by atoms with Gasteiger partial charge >= 0.3 is 0 Å². The topological polar surface area (TPSA) is 41.5 Å². The maximum Gasteiger partial charge on any atom is 0.118 e. The van der Waals surface area contributed by atoms with E-state index in [2.05, 4.69) is 31.3 Å². The minimum atomic E-state index is -0.274. The van der Waals surface area contributed by atoms with Crippen molar-refractivity contribution in [2.24, 2.45) is 5.92 Å². The van der Waals surface area contributed by atoms with E-state index in [4.69, 9.17) is 4.74 Å². The molecular weight excluding hydrogens is 226 g/mol. The Morgan fingerprint density at radius 2 is 1.83 bits per heavy atom. The molecule has 0 saturated heterocycles. The monoisotopic (exact) mass is 251 g/mol. The molecule has 0 unspecified atom stereocenters. The highest BCUT2D eigenvalue weighted by Crippen LogP contribution is 2.23. The summed E-state index contributed by atoms with van der Waals surface area (Å²) >= 11 is 0. The van der Waals surface area contributed by atoms with E-state index >= 15 is 0 Å². The summed E-state index contributed by atoms with van der Waals surface area (Å²) < 4.78 is 5.16. The van der Waals surface area contributed by atoms with Gasteiger partial charge in [0.05, 0.1) is 13.2 Å². The van der Waals surface area contributed by atoms with Crippen molar-refractivity contribution >= 4 is 0 Å². The highest BCUT2D eigenvalue weighted by atomic mass is 16.5. The molecule has 1 aromatic rings. The van der Waals surface area contributed by atoms with Gasteiger partial charge in [0, 0.05) is 12.6 Å². The predicted molar refractivity (Wildman–Crippen MR) is 74.9 cm³/mol. The van der Waals surface area contributed by atoms with Gasteiger partial charge < -0.3 is 15.2 Å². The summed E-state index contributed by atoms with van der Waals surface area (Å²) in [5.74, 6) is 1.34. The van der Waals surface area contributed by atoms with Crippen molar-refractivity contribution in [2.45, 2.75) is 39.3 Å². The van der Waals surface area contributed by atoms with Gasteiger partial charge in [-0.2, -0.15) is 0 Å². The molecule has 0 fully saturated rings. The zero-order chi connectivity index (χ0) is 13.5. The second-order valence-electron chi connectivity index (χ2n) is 4.97. The van der Waals surface area contributed by atoms with Crippen LogP contribution in [0.25, 0.3) is 0 Å². The van der Waals surface area contributed by atoms with Crippen molar-refractivity contribution in [3.8, 4) is 5.75 Å². The predicted octanol–water partition coefficient (Wildman–Crippen LogP) is 2.75. The van der Waals surface area contributed by atoms with Gasteiger partial charge in [0.15, 0.2) is 0 Å². The van der Waals surface area contributed by atoms with Crippen LogP contribution in [0.5, 0.6) is 5.75 Å². The lowest BCUT2D eigenvalue weighted by Gasteiger charge is -2.24. The van der Waals surface area contributed by atoms with Crippen LogP contribution in [0.1, 0.15) is 38.8 Å². The van der Waals surface area contributed by atoms with Crippen molar-refractivity contribution in [3.05, 3.63) is 29.8 Å². The largest absolute Gasteiger partial charge is 0.497 e. The zero-order valence-corrected chi connectivity index (χ0v) is 11.8. The first-order valence-electron chi connectivity index (χ1n) is 6.63. The Labute approximate surface area is 110 Å². The molecule has 0 bridgehead atoms. The first kappa shape index (κ1) is 15.0. The number of aliphatic hydroxyl groups is 1. The van der Waals surface area contributed by atoms with Crippen LogP contribution in [0.2, 0.25) is 0 Å². The Morgan fingerprint density at radius 1 is 1.22 bits per heavy atom. The van der Waals surface area contributed by atoms with Crippen LogP contribution in [-0.4, -0.2) is 24.9 Å². The quantitative estimate of drug-likeness (QED) is 0.783. The van der Waals surface area contributed by atoms with Crippen molar-refractivity contribution < 1.29 is 9.84 Å². The van der Waals surface area contributed by atoms with Gasteiger partial charge in [-0.05, 0) is 30.0 Å². The van der Waals surface area contributed by atoms with Crippen LogP contribution < -0.4 is 10.1 Å².